The minimum absolute atomic E-state index is 0.00415. The van der Waals surface area contributed by atoms with E-state index in [1.54, 1.807) is 24.3 Å². The number of hydrogen-bond acceptors (Lipinski definition) is 14. The number of ether oxygens (including phenoxy) is 3. The van der Waals surface area contributed by atoms with Crippen LogP contribution in [0.5, 0.6) is 0 Å². The smallest absolute Gasteiger partial charge is 0.480 e. The molecule has 1 aliphatic rings. The van der Waals surface area contributed by atoms with Gasteiger partial charge < -0.3 is 30.0 Å². The highest BCUT2D eigenvalue weighted by Gasteiger charge is 2.42. The van der Waals surface area contributed by atoms with Gasteiger partial charge in [-0.2, -0.15) is 4.98 Å². The number of carboxylic acids is 1. The van der Waals surface area contributed by atoms with Crippen molar-refractivity contribution in [2.75, 3.05) is 31.7 Å². The number of rotatable bonds is 19. The minimum Gasteiger partial charge on any atom is -0.480 e. The molecule has 18 nitrogen and oxygen atoms in total. The third kappa shape index (κ3) is 12.1. The molecule has 0 aliphatic carbocycles. The molecule has 3 rings (SSSR count). The Balaban J connectivity index is 1.69. The second-order valence-corrected chi connectivity index (χ2v) is 11.4. The molecule has 2 heterocycles. The van der Waals surface area contributed by atoms with Crippen LogP contribution in [-0.4, -0.2) is 83.3 Å². The lowest BCUT2D eigenvalue weighted by Gasteiger charge is -2.22. The van der Waals surface area contributed by atoms with E-state index in [0.29, 0.717) is 0 Å². The number of benzene rings is 1. The maximum absolute atomic E-state index is 13.4. The standard InChI is InChI=1S/C29H35N4O14P/c1-4-13-41-29(39)30-21(27(36)37)17-43-48(40,47-42-14-5-2)44-18-23-22(45-19(3)34)16-26(46-23)33-12-11-24(32-28(33)38)31-25(35)15-20-9-7-6-8-10-20/h4-12,21-23,26H,1-2,13-18H2,3H3,(H,30,39)(H,36,37)(H,31,32,35,38)/t21-,22-,23+,26+,48?/m0/s1. The van der Waals surface area contributed by atoms with Crippen molar-refractivity contribution in [3.63, 3.8) is 0 Å². The first-order valence-electron chi connectivity index (χ1n) is 14.3. The average Bonchev–Trinajstić information content (AvgIpc) is 3.43. The quantitative estimate of drug-likeness (QED) is 0.0478. The number of phosphoric ester groups is 1. The summed E-state index contributed by atoms with van der Waals surface area (Å²) in [5, 5.41) is 14.0. The molecule has 48 heavy (non-hydrogen) atoms. The molecule has 1 aliphatic heterocycles. The third-order valence-electron chi connectivity index (χ3n) is 6.16. The van der Waals surface area contributed by atoms with Crippen molar-refractivity contribution in [2.24, 2.45) is 0 Å². The summed E-state index contributed by atoms with van der Waals surface area (Å²) in [4.78, 5) is 69.2. The van der Waals surface area contributed by atoms with Gasteiger partial charge in [0, 0.05) is 19.5 Å². The molecule has 0 saturated carbocycles. The first-order chi connectivity index (χ1) is 22.9. The van der Waals surface area contributed by atoms with Crippen LogP contribution < -0.4 is 16.3 Å². The van der Waals surface area contributed by atoms with Crippen molar-refractivity contribution in [1.29, 1.82) is 0 Å². The van der Waals surface area contributed by atoms with Crippen LogP contribution in [-0.2, 0) is 58.2 Å². The third-order valence-corrected chi connectivity index (χ3v) is 7.38. The molecule has 2 aromatic rings. The molecule has 5 atom stereocenters. The number of nitrogens with zero attached hydrogens (tertiary/aromatic N) is 2. The zero-order valence-electron chi connectivity index (χ0n) is 25.8. The number of alkyl carbamates (subject to hydrolysis) is 1. The highest BCUT2D eigenvalue weighted by atomic mass is 31.2. The van der Waals surface area contributed by atoms with Crippen LogP contribution in [0.3, 0.4) is 0 Å². The molecule has 1 aromatic carbocycles. The van der Waals surface area contributed by atoms with Crippen molar-refractivity contribution in [1.82, 2.24) is 14.9 Å². The number of esters is 1. The van der Waals surface area contributed by atoms with E-state index in [4.69, 9.17) is 28.1 Å². The fourth-order valence-electron chi connectivity index (χ4n) is 4.08. The number of carbonyl (C=O) groups is 4. The van der Waals surface area contributed by atoms with E-state index in [2.05, 4.69) is 28.2 Å². The zero-order chi connectivity index (χ0) is 35.1. The van der Waals surface area contributed by atoms with Crippen LogP contribution in [0.15, 0.2) is 72.7 Å². The van der Waals surface area contributed by atoms with Crippen LogP contribution >= 0.6 is 7.82 Å². The van der Waals surface area contributed by atoms with Gasteiger partial charge in [0.15, 0.2) is 6.04 Å². The predicted octanol–water partition coefficient (Wildman–Crippen LogP) is 2.28. The Kier molecular flexibility index (Phi) is 14.6. The average molecular weight is 695 g/mol. The number of carboxylic acid groups (broad SMARTS) is 1. The number of aliphatic carboxylic acids is 1. The molecular formula is C29H35N4O14P. The van der Waals surface area contributed by atoms with Crippen LogP contribution in [0.4, 0.5) is 10.6 Å². The Morgan fingerprint density at radius 2 is 1.88 bits per heavy atom. The van der Waals surface area contributed by atoms with Gasteiger partial charge in [-0.15, -0.1) is 11.3 Å². The van der Waals surface area contributed by atoms with Gasteiger partial charge in [0.05, 0.1) is 19.6 Å². The molecule has 3 N–H and O–H groups in total. The van der Waals surface area contributed by atoms with Gasteiger partial charge in [-0.3, -0.25) is 23.2 Å². The van der Waals surface area contributed by atoms with E-state index < -0.39 is 69.2 Å². The Hall–Kier alpha value is -4.71. The minimum atomic E-state index is -4.75. The highest BCUT2D eigenvalue weighted by Crippen LogP contribution is 2.50. The lowest BCUT2D eigenvalue weighted by Crippen LogP contribution is -2.44. The van der Waals surface area contributed by atoms with Crippen molar-refractivity contribution in [3.05, 3.63) is 84.0 Å². The van der Waals surface area contributed by atoms with E-state index in [1.165, 1.54) is 24.4 Å². The summed E-state index contributed by atoms with van der Waals surface area (Å²) < 4.78 is 45.6. The maximum Gasteiger partial charge on any atom is 0.502 e. The van der Waals surface area contributed by atoms with E-state index in [0.717, 1.165) is 17.1 Å². The van der Waals surface area contributed by atoms with Gasteiger partial charge in [0.25, 0.3) is 0 Å². The van der Waals surface area contributed by atoms with Gasteiger partial charge in [-0.05, 0) is 11.6 Å². The molecule has 19 heteroatoms. The lowest BCUT2D eigenvalue weighted by molar-refractivity contribution is -0.219. The largest absolute Gasteiger partial charge is 0.502 e. The second-order valence-electron chi connectivity index (χ2n) is 9.83. The Bertz CT molecular complexity index is 1550. The first kappa shape index (κ1) is 37.7. The maximum atomic E-state index is 13.4. The van der Waals surface area contributed by atoms with Crippen molar-refractivity contribution in [2.45, 2.75) is 44.2 Å². The summed E-state index contributed by atoms with van der Waals surface area (Å²) in [6, 6.07) is 8.59. The summed E-state index contributed by atoms with van der Waals surface area (Å²) in [5.74, 6) is -2.65. The summed E-state index contributed by atoms with van der Waals surface area (Å²) in [6.07, 6.45) is -0.517. The van der Waals surface area contributed by atoms with Crippen LogP contribution in [0.1, 0.15) is 25.1 Å². The fraction of sp³-hybridized carbons (Fsp3) is 0.379. The monoisotopic (exact) mass is 694 g/mol. The molecule has 260 valence electrons. The summed E-state index contributed by atoms with van der Waals surface area (Å²) in [5.41, 5.74) is -0.0305. The molecule has 1 saturated heterocycles. The molecule has 0 spiro atoms. The van der Waals surface area contributed by atoms with Gasteiger partial charge >= 0.3 is 31.5 Å². The number of phosphoric acid groups is 1. The van der Waals surface area contributed by atoms with Crippen LogP contribution in [0, 0.1) is 0 Å². The van der Waals surface area contributed by atoms with Gasteiger partial charge in [-0.25, -0.2) is 23.8 Å². The van der Waals surface area contributed by atoms with Crippen LogP contribution in [0.25, 0.3) is 0 Å². The Labute approximate surface area is 274 Å². The van der Waals surface area contributed by atoms with Crippen molar-refractivity contribution >= 4 is 37.6 Å². The lowest BCUT2D eigenvalue weighted by atomic mass is 10.1. The zero-order valence-corrected chi connectivity index (χ0v) is 26.7. The fourth-order valence-corrected chi connectivity index (χ4v) is 5.09. The Morgan fingerprint density at radius 3 is 2.52 bits per heavy atom. The number of nitrogens with one attached hydrogen (secondary N) is 2. The van der Waals surface area contributed by atoms with Crippen LogP contribution in [0.2, 0.25) is 0 Å². The highest BCUT2D eigenvalue weighted by molar-refractivity contribution is 7.48. The van der Waals surface area contributed by atoms with Gasteiger partial charge in [-0.1, -0.05) is 49.1 Å². The van der Waals surface area contributed by atoms with Crippen molar-refractivity contribution in [3.8, 4) is 0 Å². The summed E-state index contributed by atoms with van der Waals surface area (Å²) >= 11 is 0. The molecular weight excluding hydrogens is 659 g/mol. The predicted molar refractivity (Wildman–Crippen MR) is 164 cm³/mol. The summed E-state index contributed by atoms with van der Waals surface area (Å²) in [6.45, 7) is 5.89. The molecule has 1 unspecified atom stereocenters. The molecule has 0 radical (unpaired) electrons. The SMILES string of the molecule is C=CCOOP(=O)(OC[C@H](NC(=O)OCC=C)C(=O)O)OC[C@H]1O[C@@H](n2ccc(NC(=O)Cc3ccccc3)nc2=O)C[C@@H]1OC(C)=O. The molecule has 0 bridgehead atoms. The van der Waals surface area contributed by atoms with Crippen molar-refractivity contribution < 1.29 is 61.7 Å². The second kappa shape index (κ2) is 18.6. The van der Waals surface area contributed by atoms with E-state index in [1.807, 2.05) is 11.4 Å². The summed E-state index contributed by atoms with van der Waals surface area (Å²) in [7, 11) is -4.75. The number of carbonyl (C=O) groups excluding carboxylic acids is 3. The van der Waals surface area contributed by atoms with Gasteiger partial charge in [0.1, 0.15) is 37.5 Å². The number of amides is 2. The van der Waals surface area contributed by atoms with E-state index in [9.17, 15) is 33.6 Å². The first-order valence-corrected chi connectivity index (χ1v) is 15.7. The molecule has 1 fully saturated rings. The Morgan fingerprint density at radius 1 is 1.15 bits per heavy atom. The molecule has 2 amide bonds. The number of hydrogen-bond donors (Lipinski definition) is 3. The van der Waals surface area contributed by atoms with E-state index >= 15 is 0 Å². The molecule has 1 aromatic heterocycles. The number of aromatic nitrogens is 2. The normalized spacial score (nSPS) is 18.9. The van der Waals surface area contributed by atoms with E-state index in [-0.39, 0.29) is 37.8 Å². The topological polar surface area (TPSA) is 229 Å². The van der Waals surface area contributed by atoms with Gasteiger partial charge in [0.2, 0.25) is 5.91 Å². The number of anilines is 1.